The molecular weight excluding hydrogens is 398 g/mol. The highest BCUT2D eigenvalue weighted by Crippen LogP contribution is 2.40. The molecule has 152 valence electrons. The molecule has 0 bridgehead atoms. The van der Waals surface area contributed by atoms with Gasteiger partial charge in [-0.15, -0.1) is 11.3 Å². The van der Waals surface area contributed by atoms with E-state index in [1.807, 2.05) is 49.7 Å². The first kappa shape index (κ1) is 18.7. The number of amides is 1. The van der Waals surface area contributed by atoms with Crippen LogP contribution in [0.2, 0.25) is 0 Å². The van der Waals surface area contributed by atoms with Crippen molar-refractivity contribution < 1.29 is 9.53 Å². The van der Waals surface area contributed by atoms with E-state index in [-0.39, 0.29) is 5.91 Å². The summed E-state index contributed by atoms with van der Waals surface area (Å²) in [5.74, 6) is 1.05. The summed E-state index contributed by atoms with van der Waals surface area (Å²) in [6.45, 7) is 1.91. The van der Waals surface area contributed by atoms with Gasteiger partial charge in [-0.05, 0) is 50.1 Å². The molecule has 0 unspecified atom stereocenters. The van der Waals surface area contributed by atoms with Crippen molar-refractivity contribution >= 4 is 33.4 Å². The van der Waals surface area contributed by atoms with E-state index < -0.39 is 0 Å². The van der Waals surface area contributed by atoms with Gasteiger partial charge in [-0.1, -0.05) is 0 Å². The molecule has 3 heterocycles. The van der Waals surface area contributed by atoms with E-state index >= 15 is 0 Å². The lowest BCUT2D eigenvalue weighted by molar-refractivity contribution is 0.102. The minimum atomic E-state index is -0.184. The Balaban J connectivity index is 1.46. The molecule has 3 aromatic heterocycles. The van der Waals surface area contributed by atoms with Gasteiger partial charge in [0, 0.05) is 29.6 Å². The van der Waals surface area contributed by atoms with Gasteiger partial charge >= 0.3 is 0 Å². The maximum absolute atomic E-state index is 13.2. The van der Waals surface area contributed by atoms with E-state index in [4.69, 9.17) is 9.72 Å². The number of carbonyl (C=O) groups excluding carboxylic acids is 1. The number of nitrogens with zero attached hydrogens (tertiary/aromatic N) is 4. The van der Waals surface area contributed by atoms with Crippen LogP contribution in [0.4, 0.5) is 5.13 Å². The molecule has 1 aromatic carbocycles. The number of hydrogen-bond acceptors (Lipinski definition) is 6. The maximum Gasteiger partial charge on any atom is 0.258 e. The molecule has 5 rings (SSSR count). The van der Waals surface area contributed by atoms with Crippen LogP contribution in [-0.2, 0) is 7.05 Å². The highest BCUT2D eigenvalue weighted by molar-refractivity contribution is 7.14. The zero-order chi connectivity index (χ0) is 20.8. The summed E-state index contributed by atoms with van der Waals surface area (Å²) >= 11 is 1.40. The van der Waals surface area contributed by atoms with Gasteiger partial charge in [0.15, 0.2) is 10.8 Å². The molecule has 0 aliphatic heterocycles. The quantitative estimate of drug-likeness (QED) is 0.514. The molecule has 7 nitrogen and oxygen atoms in total. The van der Waals surface area contributed by atoms with Gasteiger partial charge in [-0.25, -0.2) is 9.97 Å². The molecule has 0 spiro atoms. The standard InChI is InChI=1S/C22H21N5O2S/c1-12-19-16(10-17(13-4-5-13)23-20(19)27(2)26-12)21(28)25-22-24-18(11-30-22)14-6-8-15(29-3)9-7-14/h6-11,13H,4-5H2,1-3H3,(H,24,25,28). The Kier molecular flexibility index (Phi) is 4.51. The summed E-state index contributed by atoms with van der Waals surface area (Å²) in [6.07, 6.45) is 2.24. The average molecular weight is 420 g/mol. The number of methoxy groups -OCH3 is 1. The molecule has 8 heteroatoms. The van der Waals surface area contributed by atoms with Gasteiger partial charge in [-0.2, -0.15) is 5.10 Å². The summed E-state index contributed by atoms with van der Waals surface area (Å²) in [5.41, 5.74) is 4.90. The monoisotopic (exact) mass is 419 g/mol. The minimum absolute atomic E-state index is 0.184. The zero-order valence-corrected chi connectivity index (χ0v) is 17.8. The average Bonchev–Trinajstić information content (AvgIpc) is 3.44. The Morgan fingerprint density at radius 1 is 1.23 bits per heavy atom. The molecule has 4 aromatic rings. The highest BCUT2D eigenvalue weighted by atomic mass is 32.1. The first-order valence-electron chi connectivity index (χ1n) is 9.79. The minimum Gasteiger partial charge on any atom is -0.497 e. The van der Waals surface area contributed by atoms with Crippen molar-refractivity contribution in [3.05, 3.63) is 52.7 Å². The van der Waals surface area contributed by atoms with Crippen LogP contribution in [0.3, 0.4) is 0 Å². The van der Waals surface area contributed by atoms with Crippen LogP contribution < -0.4 is 10.1 Å². The highest BCUT2D eigenvalue weighted by Gasteiger charge is 2.28. The predicted octanol–water partition coefficient (Wildman–Crippen LogP) is 4.54. The predicted molar refractivity (Wildman–Crippen MR) is 117 cm³/mol. The molecule has 1 amide bonds. The smallest absolute Gasteiger partial charge is 0.258 e. The van der Waals surface area contributed by atoms with Gasteiger partial charge < -0.3 is 4.74 Å². The van der Waals surface area contributed by atoms with Crippen LogP contribution in [0.5, 0.6) is 5.75 Å². The zero-order valence-electron chi connectivity index (χ0n) is 17.0. The van der Waals surface area contributed by atoms with Crippen molar-refractivity contribution in [2.75, 3.05) is 12.4 Å². The number of ether oxygens (including phenoxy) is 1. The molecule has 1 aliphatic carbocycles. The van der Waals surface area contributed by atoms with Gasteiger partial charge in [-0.3, -0.25) is 14.8 Å². The van der Waals surface area contributed by atoms with Crippen LogP contribution in [0.15, 0.2) is 35.7 Å². The summed E-state index contributed by atoms with van der Waals surface area (Å²) in [7, 11) is 3.50. The van der Waals surface area contributed by atoms with Crippen LogP contribution in [0.25, 0.3) is 22.3 Å². The van der Waals surface area contributed by atoms with E-state index in [0.717, 1.165) is 52.3 Å². The van der Waals surface area contributed by atoms with Crippen LogP contribution in [0, 0.1) is 6.92 Å². The second-order valence-corrected chi connectivity index (χ2v) is 8.36. The third-order valence-corrected chi connectivity index (χ3v) is 6.10. The number of pyridine rings is 1. The summed E-state index contributed by atoms with van der Waals surface area (Å²) in [6, 6.07) is 9.61. The number of rotatable bonds is 5. The topological polar surface area (TPSA) is 81.9 Å². The molecule has 0 saturated heterocycles. The molecule has 1 fully saturated rings. The maximum atomic E-state index is 13.2. The SMILES string of the molecule is COc1ccc(-c2csc(NC(=O)c3cc(C4CC4)nc4c3c(C)nn4C)n2)cc1. The number of anilines is 1. The number of aryl methyl sites for hydroxylation is 2. The van der Waals surface area contributed by atoms with Crippen molar-refractivity contribution in [3.63, 3.8) is 0 Å². The Labute approximate surface area is 177 Å². The number of thiazole rings is 1. The fourth-order valence-corrected chi connectivity index (χ4v) is 4.34. The molecule has 1 saturated carbocycles. The number of benzene rings is 1. The van der Waals surface area contributed by atoms with Crippen LogP contribution in [-0.4, -0.2) is 32.8 Å². The Morgan fingerprint density at radius 2 is 2.00 bits per heavy atom. The van der Waals surface area contributed by atoms with Gasteiger partial charge in [0.2, 0.25) is 0 Å². The lowest BCUT2D eigenvalue weighted by Crippen LogP contribution is -2.13. The fraction of sp³-hybridized carbons (Fsp3) is 0.273. The second kappa shape index (κ2) is 7.21. The first-order valence-corrected chi connectivity index (χ1v) is 10.7. The fourth-order valence-electron chi connectivity index (χ4n) is 3.62. The largest absolute Gasteiger partial charge is 0.497 e. The van der Waals surface area contributed by atoms with Crippen LogP contribution >= 0.6 is 11.3 Å². The Bertz CT molecular complexity index is 1250. The molecule has 0 radical (unpaired) electrons. The molecular formula is C22H21N5O2S. The van der Waals surface area contributed by atoms with Crippen molar-refractivity contribution in [2.24, 2.45) is 7.05 Å². The van der Waals surface area contributed by atoms with Crippen LogP contribution in [0.1, 0.15) is 40.5 Å². The third kappa shape index (κ3) is 3.33. The summed E-state index contributed by atoms with van der Waals surface area (Å²) in [5, 5.41) is 10.7. The Hall–Kier alpha value is -3.26. The lowest BCUT2D eigenvalue weighted by Gasteiger charge is -2.07. The van der Waals surface area contributed by atoms with Crippen molar-refractivity contribution in [2.45, 2.75) is 25.7 Å². The molecule has 30 heavy (non-hydrogen) atoms. The normalized spacial score (nSPS) is 13.6. The van der Waals surface area contributed by atoms with Crippen molar-refractivity contribution in [1.82, 2.24) is 19.7 Å². The summed E-state index contributed by atoms with van der Waals surface area (Å²) in [4.78, 5) is 22.5. The van der Waals surface area contributed by atoms with Crippen molar-refractivity contribution in [1.29, 1.82) is 0 Å². The van der Waals surface area contributed by atoms with Gasteiger partial charge in [0.05, 0.1) is 29.4 Å². The van der Waals surface area contributed by atoms with Crippen molar-refractivity contribution in [3.8, 4) is 17.0 Å². The van der Waals surface area contributed by atoms with Gasteiger partial charge in [0.25, 0.3) is 5.91 Å². The third-order valence-electron chi connectivity index (χ3n) is 5.34. The van der Waals surface area contributed by atoms with E-state index in [1.54, 1.807) is 11.8 Å². The first-order chi connectivity index (χ1) is 14.5. The van der Waals surface area contributed by atoms with E-state index in [0.29, 0.717) is 16.6 Å². The number of fused-ring (bicyclic) bond motifs is 1. The van der Waals surface area contributed by atoms with E-state index in [9.17, 15) is 4.79 Å². The Morgan fingerprint density at radius 3 is 2.70 bits per heavy atom. The van der Waals surface area contributed by atoms with E-state index in [1.165, 1.54) is 11.3 Å². The van der Waals surface area contributed by atoms with E-state index in [2.05, 4.69) is 15.4 Å². The number of hydrogen-bond donors (Lipinski definition) is 1. The number of aromatic nitrogens is 4. The molecule has 1 aliphatic rings. The number of carbonyl (C=O) groups is 1. The van der Waals surface area contributed by atoms with Gasteiger partial charge in [0.1, 0.15) is 5.75 Å². The summed E-state index contributed by atoms with van der Waals surface area (Å²) < 4.78 is 6.95. The molecule has 0 atom stereocenters. The number of nitrogens with one attached hydrogen (secondary N) is 1. The second-order valence-electron chi connectivity index (χ2n) is 7.50. The molecule has 1 N–H and O–H groups in total. The lowest BCUT2D eigenvalue weighted by atomic mass is 10.1.